The number of hydrogen-bond acceptors (Lipinski definition) is 10. The standard InChI is InChI=1S/C42H46N10/c1-5-15-31(16-6-1)39-40(32-17-7-2-8-18-32)50-44-28-36-24-14-26-38(48-36)30-46-52-42(34-21-11-4-12-22-34)41(33-19-9-3-10-20-33)51-45-29-37-25-13-23-35(47-37)27-43-49-39/h1-26,39-46,49-52H,27-30H2/t39-,40-,41-,42-/m1/s1. The number of pyridine rings is 2. The van der Waals surface area contributed by atoms with Gasteiger partial charge in [0.2, 0.25) is 0 Å². The van der Waals surface area contributed by atoms with Gasteiger partial charge >= 0.3 is 0 Å². The summed E-state index contributed by atoms with van der Waals surface area (Å²) in [7, 11) is 0. The predicted octanol–water partition coefficient (Wildman–Crippen LogP) is 5.53. The van der Waals surface area contributed by atoms with Crippen LogP contribution in [0.2, 0.25) is 0 Å². The Bertz CT molecular complexity index is 1650. The van der Waals surface area contributed by atoms with Crippen molar-refractivity contribution >= 4 is 0 Å². The van der Waals surface area contributed by atoms with E-state index in [9.17, 15) is 0 Å². The predicted molar refractivity (Wildman–Crippen MR) is 205 cm³/mol. The topological polar surface area (TPSA) is 122 Å². The van der Waals surface area contributed by atoms with Crippen LogP contribution in [0.25, 0.3) is 0 Å². The van der Waals surface area contributed by atoms with Crippen molar-refractivity contribution in [3.05, 3.63) is 203 Å². The van der Waals surface area contributed by atoms with E-state index in [1.54, 1.807) is 0 Å². The summed E-state index contributed by atoms with van der Waals surface area (Å²) in [6.07, 6.45) is 0. The molecule has 0 radical (unpaired) electrons. The van der Waals surface area contributed by atoms with Gasteiger partial charge in [0, 0.05) is 0 Å². The van der Waals surface area contributed by atoms with Crippen molar-refractivity contribution < 1.29 is 0 Å². The average Bonchev–Trinajstić information content (AvgIpc) is 3.20. The van der Waals surface area contributed by atoms with Gasteiger partial charge in [-0.15, -0.1) is 0 Å². The van der Waals surface area contributed by atoms with Crippen LogP contribution < -0.4 is 43.4 Å². The van der Waals surface area contributed by atoms with E-state index in [-0.39, 0.29) is 24.2 Å². The van der Waals surface area contributed by atoms with Gasteiger partial charge < -0.3 is 0 Å². The molecule has 2 aromatic heterocycles. The molecule has 0 amide bonds. The number of benzene rings is 4. The lowest BCUT2D eigenvalue weighted by molar-refractivity contribution is 0.305. The Balaban J connectivity index is 1.18. The molecule has 10 nitrogen and oxygen atoms in total. The van der Waals surface area contributed by atoms with Crippen LogP contribution in [-0.4, -0.2) is 9.97 Å². The first-order chi connectivity index (χ1) is 25.8. The third kappa shape index (κ3) is 9.59. The van der Waals surface area contributed by atoms with Gasteiger partial charge in [0.1, 0.15) is 0 Å². The number of fused-ring (bicyclic) bond motifs is 4. The van der Waals surface area contributed by atoms with Crippen LogP contribution in [0, 0.1) is 0 Å². The Morgan fingerprint density at radius 2 is 0.519 bits per heavy atom. The molecular formula is C42H46N10. The number of hydrogen-bond donors (Lipinski definition) is 8. The Labute approximate surface area is 305 Å². The van der Waals surface area contributed by atoms with Crippen LogP contribution in [0.5, 0.6) is 0 Å². The second-order valence-electron chi connectivity index (χ2n) is 12.8. The molecule has 0 saturated heterocycles. The van der Waals surface area contributed by atoms with Crippen LogP contribution in [-0.2, 0) is 26.2 Å². The van der Waals surface area contributed by atoms with Crippen LogP contribution in [0.1, 0.15) is 69.2 Å². The highest BCUT2D eigenvalue weighted by molar-refractivity contribution is 5.29. The minimum absolute atomic E-state index is 0.120. The summed E-state index contributed by atoms with van der Waals surface area (Å²) in [6.45, 7) is 2.15. The van der Waals surface area contributed by atoms with Crippen LogP contribution >= 0.6 is 0 Å². The maximum atomic E-state index is 4.98. The quantitative estimate of drug-likeness (QED) is 0.120. The minimum Gasteiger partial charge on any atom is -0.255 e. The van der Waals surface area contributed by atoms with E-state index < -0.39 is 0 Å². The van der Waals surface area contributed by atoms with Crippen molar-refractivity contribution in [3.8, 4) is 0 Å². The molecule has 4 bridgehead atoms. The maximum absolute atomic E-state index is 4.98. The van der Waals surface area contributed by atoms with Crippen molar-refractivity contribution in [1.29, 1.82) is 0 Å². The van der Waals surface area contributed by atoms with E-state index in [1.807, 2.05) is 48.5 Å². The van der Waals surface area contributed by atoms with Gasteiger partial charge in [-0.3, -0.25) is 31.7 Å². The number of rotatable bonds is 4. The number of hydrazine groups is 4. The lowest BCUT2D eigenvalue weighted by atomic mass is 9.94. The molecule has 4 aromatic carbocycles. The zero-order valence-electron chi connectivity index (χ0n) is 29.0. The van der Waals surface area contributed by atoms with Crippen LogP contribution in [0.3, 0.4) is 0 Å². The normalized spacial score (nSPS) is 20.9. The monoisotopic (exact) mass is 690 g/mol. The molecule has 0 aliphatic carbocycles. The molecule has 1 aliphatic rings. The van der Waals surface area contributed by atoms with Gasteiger partial charge in [0.25, 0.3) is 0 Å². The van der Waals surface area contributed by atoms with Crippen LogP contribution in [0.4, 0.5) is 0 Å². The molecule has 0 unspecified atom stereocenters. The van der Waals surface area contributed by atoms with Gasteiger partial charge in [0.15, 0.2) is 0 Å². The lowest BCUT2D eigenvalue weighted by Gasteiger charge is -2.31. The molecule has 8 N–H and O–H groups in total. The van der Waals surface area contributed by atoms with Gasteiger partial charge in [0.05, 0.1) is 73.1 Å². The molecule has 52 heavy (non-hydrogen) atoms. The smallest absolute Gasteiger partial charge is 0.0670 e. The van der Waals surface area contributed by atoms with Crippen molar-refractivity contribution in [2.45, 2.75) is 50.3 Å². The first-order valence-electron chi connectivity index (χ1n) is 17.8. The van der Waals surface area contributed by atoms with Crippen LogP contribution in [0.15, 0.2) is 158 Å². The number of aromatic nitrogens is 2. The molecule has 264 valence electrons. The molecule has 3 heterocycles. The van der Waals surface area contributed by atoms with E-state index in [1.165, 1.54) is 0 Å². The van der Waals surface area contributed by atoms with Gasteiger partial charge in [-0.2, -0.15) is 0 Å². The van der Waals surface area contributed by atoms with Crippen molar-refractivity contribution in [2.24, 2.45) is 0 Å². The molecule has 0 spiro atoms. The van der Waals surface area contributed by atoms with E-state index in [4.69, 9.17) is 9.97 Å². The average molecular weight is 691 g/mol. The first-order valence-corrected chi connectivity index (χ1v) is 17.8. The fraction of sp³-hybridized carbons (Fsp3) is 0.190. The third-order valence-corrected chi connectivity index (χ3v) is 9.14. The summed E-state index contributed by atoms with van der Waals surface area (Å²) in [5.74, 6) is 0. The Hall–Kier alpha value is -5.14. The Morgan fingerprint density at radius 1 is 0.288 bits per heavy atom. The highest BCUT2D eigenvalue weighted by atomic mass is 15.4. The molecule has 0 saturated carbocycles. The lowest BCUT2D eigenvalue weighted by Crippen LogP contribution is -2.46. The molecule has 1 aliphatic heterocycles. The summed E-state index contributed by atoms with van der Waals surface area (Å²) in [5, 5.41) is 0. The second-order valence-corrected chi connectivity index (χ2v) is 12.8. The first kappa shape index (κ1) is 35.3. The Kier molecular flexibility index (Phi) is 12.5. The summed E-state index contributed by atoms with van der Waals surface area (Å²) in [4.78, 5) is 9.96. The van der Waals surface area contributed by atoms with Gasteiger partial charge in [-0.25, -0.2) is 21.7 Å². The van der Waals surface area contributed by atoms with Gasteiger partial charge in [-0.05, 0) is 46.5 Å². The summed E-state index contributed by atoms with van der Waals surface area (Å²) >= 11 is 0. The summed E-state index contributed by atoms with van der Waals surface area (Å²) in [5.41, 5.74) is 36.8. The third-order valence-electron chi connectivity index (χ3n) is 9.14. The van der Waals surface area contributed by atoms with Crippen molar-refractivity contribution in [2.75, 3.05) is 0 Å². The maximum Gasteiger partial charge on any atom is 0.0670 e. The van der Waals surface area contributed by atoms with Crippen molar-refractivity contribution in [3.63, 3.8) is 0 Å². The summed E-state index contributed by atoms with van der Waals surface area (Å²) in [6, 6.07) is 53.8. The molecule has 0 fully saturated rings. The highest BCUT2D eigenvalue weighted by Gasteiger charge is 2.26. The zero-order chi connectivity index (χ0) is 35.2. The van der Waals surface area contributed by atoms with E-state index in [0.717, 1.165) is 45.0 Å². The fourth-order valence-corrected chi connectivity index (χ4v) is 6.54. The number of nitrogens with one attached hydrogen (secondary N) is 8. The SMILES string of the molecule is c1ccc([C@H]2NNCc3cccc(n3)CNN[C@H](c3ccccc3)[C@@H](c3ccccc3)NNCc3cccc(n3)CNN[C@@H]2c2ccccc2)cc1. The fourth-order valence-electron chi connectivity index (χ4n) is 6.54. The summed E-state index contributed by atoms with van der Waals surface area (Å²) < 4.78 is 0. The molecule has 10 heteroatoms. The van der Waals surface area contributed by atoms with Crippen molar-refractivity contribution in [1.82, 2.24) is 53.4 Å². The zero-order valence-corrected chi connectivity index (χ0v) is 29.0. The van der Waals surface area contributed by atoms with E-state index >= 15 is 0 Å². The largest absolute Gasteiger partial charge is 0.255 e. The molecular weight excluding hydrogens is 645 g/mol. The Morgan fingerprint density at radius 3 is 0.750 bits per heavy atom. The van der Waals surface area contributed by atoms with Gasteiger partial charge in [-0.1, -0.05) is 133 Å². The van der Waals surface area contributed by atoms with E-state index in [2.05, 4.69) is 153 Å². The highest BCUT2D eigenvalue weighted by Crippen LogP contribution is 2.29. The number of nitrogens with zero attached hydrogens (tertiary/aromatic N) is 2. The molecule has 4 atom stereocenters. The second kappa shape index (κ2) is 18.4. The minimum atomic E-state index is -0.120. The molecule has 6 aromatic rings. The molecule has 7 rings (SSSR count). The van der Waals surface area contributed by atoms with E-state index in [0.29, 0.717) is 26.2 Å².